The van der Waals surface area contributed by atoms with Crippen molar-refractivity contribution < 1.29 is 8.42 Å². The Morgan fingerprint density at radius 1 is 1.29 bits per heavy atom. The van der Waals surface area contributed by atoms with Crippen LogP contribution in [0.2, 0.25) is 5.02 Å². The lowest BCUT2D eigenvalue weighted by atomic mass is 10.1. The number of sulfone groups is 1. The largest absolute Gasteiger partial charge is 0.323 e. The normalized spacial score (nSPS) is 15.5. The second kappa shape index (κ2) is 5.85. The lowest BCUT2D eigenvalue weighted by Gasteiger charge is -2.20. The van der Waals surface area contributed by atoms with Gasteiger partial charge < -0.3 is 5.73 Å². The van der Waals surface area contributed by atoms with Gasteiger partial charge in [0.2, 0.25) is 0 Å². The number of benzene rings is 1. The minimum Gasteiger partial charge on any atom is -0.323 e. The zero-order chi connectivity index (χ0) is 13.1. The van der Waals surface area contributed by atoms with E-state index >= 15 is 0 Å². The molecule has 1 aromatic carbocycles. The molecule has 2 atom stereocenters. The molecular formula is C12H18ClNO2S. The first-order valence-corrected chi connectivity index (χ1v) is 7.70. The molecule has 0 aliphatic heterocycles. The van der Waals surface area contributed by atoms with Gasteiger partial charge >= 0.3 is 0 Å². The van der Waals surface area contributed by atoms with E-state index in [2.05, 4.69) is 0 Å². The maximum Gasteiger partial charge on any atom is 0.154 e. The Morgan fingerprint density at radius 2 is 1.82 bits per heavy atom. The van der Waals surface area contributed by atoms with Crippen LogP contribution in [0.4, 0.5) is 0 Å². The van der Waals surface area contributed by atoms with Crippen LogP contribution in [0.1, 0.15) is 31.9 Å². The van der Waals surface area contributed by atoms with Gasteiger partial charge in [-0.25, -0.2) is 8.42 Å². The van der Waals surface area contributed by atoms with Crippen LogP contribution in [0.15, 0.2) is 24.3 Å². The van der Waals surface area contributed by atoms with Crippen LogP contribution in [0, 0.1) is 0 Å². The van der Waals surface area contributed by atoms with E-state index in [1.165, 1.54) is 0 Å². The van der Waals surface area contributed by atoms with Gasteiger partial charge in [0.1, 0.15) is 0 Å². The number of nitrogens with two attached hydrogens (primary N) is 1. The summed E-state index contributed by atoms with van der Waals surface area (Å²) in [7, 11) is -3.13. The van der Waals surface area contributed by atoms with Gasteiger partial charge in [0.05, 0.1) is 11.0 Å². The molecule has 1 rings (SSSR count). The molecular weight excluding hydrogens is 258 g/mol. The third-order valence-electron chi connectivity index (χ3n) is 2.82. The van der Waals surface area contributed by atoms with Gasteiger partial charge in [0, 0.05) is 11.1 Å². The lowest BCUT2D eigenvalue weighted by Crippen LogP contribution is -2.32. The third kappa shape index (κ3) is 3.69. The van der Waals surface area contributed by atoms with Crippen LogP contribution in [0.25, 0.3) is 0 Å². The number of rotatable bonds is 5. The average molecular weight is 276 g/mol. The molecule has 0 saturated carbocycles. The van der Waals surface area contributed by atoms with Crippen molar-refractivity contribution >= 4 is 21.4 Å². The molecule has 0 saturated heterocycles. The highest BCUT2D eigenvalue weighted by molar-refractivity contribution is 7.92. The fourth-order valence-electron chi connectivity index (χ4n) is 1.65. The van der Waals surface area contributed by atoms with Gasteiger partial charge in [0.25, 0.3) is 0 Å². The highest BCUT2D eigenvalue weighted by atomic mass is 35.5. The van der Waals surface area contributed by atoms with Gasteiger partial charge in [-0.3, -0.25) is 0 Å². The molecule has 0 fully saturated rings. The van der Waals surface area contributed by atoms with Crippen LogP contribution in [-0.2, 0) is 9.84 Å². The summed E-state index contributed by atoms with van der Waals surface area (Å²) in [6.45, 7) is 3.50. The molecule has 0 bridgehead atoms. The van der Waals surface area contributed by atoms with Gasteiger partial charge in [-0.2, -0.15) is 0 Å². The number of hydrogen-bond acceptors (Lipinski definition) is 3. The summed E-state index contributed by atoms with van der Waals surface area (Å²) in [6.07, 6.45) is 0.611. The van der Waals surface area contributed by atoms with Gasteiger partial charge in [0.15, 0.2) is 9.84 Å². The smallest absolute Gasteiger partial charge is 0.154 e. The van der Waals surface area contributed by atoms with Crippen molar-refractivity contribution in [2.45, 2.75) is 31.6 Å². The van der Waals surface area contributed by atoms with E-state index < -0.39 is 21.1 Å². The van der Waals surface area contributed by atoms with Gasteiger partial charge in [-0.1, -0.05) is 30.7 Å². The maximum absolute atomic E-state index is 11.9. The van der Waals surface area contributed by atoms with Crippen molar-refractivity contribution in [3.8, 4) is 0 Å². The molecule has 0 aliphatic rings. The van der Waals surface area contributed by atoms with Crippen molar-refractivity contribution in [2.75, 3.05) is 5.75 Å². The quantitative estimate of drug-likeness (QED) is 0.898. The Labute approximate surface area is 108 Å². The van der Waals surface area contributed by atoms with Crippen molar-refractivity contribution in [3.63, 3.8) is 0 Å². The van der Waals surface area contributed by atoms with E-state index in [9.17, 15) is 8.42 Å². The average Bonchev–Trinajstić information content (AvgIpc) is 2.28. The zero-order valence-electron chi connectivity index (χ0n) is 10.1. The molecule has 0 radical (unpaired) electrons. The van der Waals surface area contributed by atoms with E-state index in [1.54, 1.807) is 31.2 Å². The Balaban J connectivity index is 2.90. The summed E-state index contributed by atoms with van der Waals surface area (Å²) in [5.41, 5.74) is 6.78. The molecule has 5 heteroatoms. The van der Waals surface area contributed by atoms with Crippen molar-refractivity contribution in [3.05, 3.63) is 34.9 Å². The summed E-state index contributed by atoms with van der Waals surface area (Å²) < 4.78 is 23.8. The maximum atomic E-state index is 11.9. The van der Waals surface area contributed by atoms with Crippen LogP contribution >= 0.6 is 11.6 Å². The van der Waals surface area contributed by atoms with E-state index in [0.29, 0.717) is 11.4 Å². The minimum absolute atomic E-state index is 0.176. The first-order valence-electron chi connectivity index (χ1n) is 5.61. The molecule has 0 amide bonds. The first kappa shape index (κ1) is 14.5. The van der Waals surface area contributed by atoms with Crippen LogP contribution < -0.4 is 5.73 Å². The van der Waals surface area contributed by atoms with E-state index in [-0.39, 0.29) is 5.75 Å². The summed E-state index contributed by atoms with van der Waals surface area (Å²) in [5, 5.41) is 0.0358. The topological polar surface area (TPSA) is 60.2 Å². The molecule has 0 aliphatic carbocycles. The van der Waals surface area contributed by atoms with Crippen LogP contribution in [0.3, 0.4) is 0 Å². The molecule has 3 nitrogen and oxygen atoms in total. The molecule has 96 valence electrons. The third-order valence-corrected chi connectivity index (χ3v) is 5.47. The zero-order valence-corrected chi connectivity index (χ0v) is 11.6. The van der Waals surface area contributed by atoms with E-state index in [4.69, 9.17) is 17.3 Å². The summed E-state index contributed by atoms with van der Waals surface area (Å²) >= 11 is 5.78. The van der Waals surface area contributed by atoms with Crippen molar-refractivity contribution in [2.24, 2.45) is 5.73 Å². The fraction of sp³-hybridized carbons (Fsp3) is 0.500. The Morgan fingerprint density at radius 3 is 2.29 bits per heavy atom. The van der Waals surface area contributed by atoms with Crippen LogP contribution in [-0.4, -0.2) is 19.4 Å². The van der Waals surface area contributed by atoms with Gasteiger partial charge in [-0.05, 0) is 31.0 Å². The fourth-order valence-corrected chi connectivity index (χ4v) is 3.32. The second-order valence-corrected chi connectivity index (χ2v) is 7.06. The summed E-state index contributed by atoms with van der Waals surface area (Å²) in [4.78, 5) is 0. The van der Waals surface area contributed by atoms with Crippen molar-refractivity contribution in [1.29, 1.82) is 0 Å². The Bertz CT molecular complexity index is 456. The summed E-state index contributed by atoms with van der Waals surface area (Å²) in [6, 6.07) is 6.46. The lowest BCUT2D eigenvalue weighted by molar-refractivity contribution is 0.563. The molecule has 2 unspecified atom stereocenters. The second-order valence-electron chi connectivity index (χ2n) is 4.15. The molecule has 2 N–H and O–H groups in total. The molecule has 17 heavy (non-hydrogen) atoms. The highest BCUT2D eigenvalue weighted by Gasteiger charge is 2.27. The standard InChI is InChI=1S/C12H18ClNO2S/c1-3-8-17(15,16)9(2)12(14)10-4-6-11(13)7-5-10/h4-7,9,12H,3,8,14H2,1-2H3. The number of halogens is 1. The predicted molar refractivity (Wildman–Crippen MR) is 71.9 cm³/mol. The highest BCUT2D eigenvalue weighted by Crippen LogP contribution is 2.22. The van der Waals surface area contributed by atoms with E-state index in [0.717, 1.165) is 5.56 Å². The predicted octanol–water partition coefficient (Wildman–Crippen LogP) is 2.55. The Kier molecular flexibility index (Phi) is 4.98. The molecule has 0 heterocycles. The molecule has 0 spiro atoms. The SMILES string of the molecule is CCCS(=O)(=O)C(C)C(N)c1ccc(Cl)cc1. The molecule has 0 aromatic heterocycles. The Hall–Kier alpha value is -0.580. The number of hydrogen-bond donors (Lipinski definition) is 1. The van der Waals surface area contributed by atoms with Crippen molar-refractivity contribution in [1.82, 2.24) is 0 Å². The van der Waals surface area contributed by atoms with E-state index in [1.807, 2.05) is 6.92 Å². The first-order chi connectivity index (χ1) is 7.88. The molecule has 1 aromatic rings. The van der Waals surface area contributed by atoms with Crippen LogP contribution in [0.5, 0.6) is 0 Å². The van der Waals surface area contributed by atoms with Gasteiger partial charge in [-0.15, -0.1) is 0 Å². The monoisotopic (exact) mass is 275 g/mol. The minimum atomic E-state index is -3.13. The summed E-state index contributed by atoms with van der Waals surface area (Å²) in [5.74, 6) is 0.176.